The lowest BCUT2D eigenvalue weighted by Gasteiger charge is -2.32. The van der Waals surface area contributed by atoms with Crippen molar-refractivity contribution in [3.63, 3.8) is 0 Å². The highest BCUT2D eigenvalue weighted by molar-refractivity contribution is 5.94. The molecule has 1 N–H and O–H groups in total. The van der Waals surface area contributed by atoms with Crippen molar-refractivity contribution in [1.29, 1.82) is 0 Å². The van der Waals surface area contributed by atoms with Crippen LogP contribution in [0, 0.1) is 0 Å². The number of hydrogen-bond donors (Lipinski definition) is 1. The summed E-state index contributed by atoms with van der Waals surface area (Å²) in [5, 5.41) is 3.15. The molecule has 0 spiro atoms. The van der Waals surface area contributed by atoms with E-state index < -0.39 is 0 Å². The predicted octanol–water partition coefficient (Wildman–Crippen LogP) is 3.39. The van der Waals surface area contributed by atoms with Gasteiger partial charge >= 0.3 is 0 Å². The van der Waals surface area contributed by atoms with Crippen LogP contribution in [0.15, 0.2) is 54.6 Å². The van der Waals surface area contributed by atoms with Crippen molar-refractivity contribution < 1.29 is 14.3 Å². The summed E-state index contributed by atoms with van der Waals surface area (Å²) in [7, 11) is 0. The molecule has 2 aromatic rings. The standard InChI is InChI=1S/C23H28N2O3/c26-23(19-8-10-20(11-9-19)25-13-4-5-14-25)24-21-12-15-27-17-22(21)28-16-18-6-2-1-3-7-18/h1-3,6-11,21-22H,4-5,12-17H2,(H,24,26)/t21-,22-/m1/s1. The molecule has 148 valence electrons. The molecule has 1 amide bonds. The quantitative estimate of drug-likeness (QED) is 0.835. The molecule has 2 aromatic carbocycles. The summed E-state index contributed by atoms with van der Waals surface area (Å²) >= 11 is 0. The van der Waals surface area contributed by atoms with Gasteiger partial charge in [0, 0.05) is 30.9 Å². The minimum Gasteiger partial charge on any atom is -0.379 e. The number of benzene rings is 2. The van der Waals surface area contributed by atoms with E-state index >= 15 is 0 Å². The van der Waals surface area contributed by atoms with Crippen molar-refractivity contribution in [2.75, 3.05) is 31.2 Å². The molecule has 0 aliphatic carbocycles. The zero-order chi connectivity index (χ0) is 19.2. The molecular formula is C23H28N2O3. The van der Waals surface area contributed by atoms with Gasteiger partial charge in [-0.2, -0.15) is 0 Å². The molecule has 0 bridgehead atoms. The lowest BCUT2D eigenvalue weighted by atomic mass is 10.0. The Hall–Kier alpha value is -2.37. The molecule has 2 saturated heterocycles. The van der Waals surface area contributed by atoms with Crippen LogP contribution in [0.2, 0.25) is 0 Å². The first kappa shape index (κ1) is 19.0. The smallest absolute Gasteiger partial charge is 0.251 e. The van der Waals surface area contributed by atoms with Crippen molar-refractivity contribution >= 4 is 11.6 Å². The molecule has 28 heavy (non-hydrogen) atoms. The fourth-order valence-corrected chi connectivity index (χ4v) is 3.87. The average Bonchev–Trinajstić information content (AvgIpc) is 3.29. The number of hydrogen-bond acceptors (Lipinski definition) is 4. The molecule has 2 aliphatic heterocycles. The van der Waals surface area contributed by atoms with E-state index in [-0.39, 0.29) is 18.1 Å². The molecular weight excluding hydrogens is 352 g/mol. The fourth-order valence-electron chi connectivity index (χ4n) is 3.87. The van der Waals surface area contributed by atoms with Crippen LogP contribution in [-0.4, -0.2) is 44.4 Å². The van der Waals surface area contributed by atoms with Gasteiger partial charge in [-0.3, -0.25) is 4.79 Å². The maximum atomic E-state index is 12.7. The minimum atomic E-state index is -0.137. The Kier molecular flexibility index (Phi) is 6.24. The van der Waals surface area contributed by atoms with Crippen molar-refractivity contribution in [2.45, 2.75) is 38.0 Å². The number of anilines is 1. The van der Waals surface area contributed by atoms with Gasteiger partial charge in [0.05, 0.1) is 19.3 Å². The van der Waals surface area contributed by atoms with Gasteiger partial charge in [-0.15, -0.1) is 0 Å². The Balaban J connectivity index is 1.34. The van der Waals surface area contributed by atoms with E-state index in [2.05, 4.69) is 10.2 Å². The van der Waals surface area contributed by atoms with E-state index in [0.717, 1.165) is 25.1 Å². The molecule has 0 radical (unpaired) electrons. The number of rotatable bonds is 6. The van der Waals surface area contributed by atoms with Crippen LogP contribution in [0.4, 0.5) is 5.69 Å². The van der Waals surface area contributed by atoms with Crippen LogP contribution >= 0.6 is 0 Å². The topological polar surface area (TPSA) is 50.8 Å². The zero-order valence-electron chi connectivity index (χ0n) is 16.2. The summed E-state index contributed by atoms with van der Waals surface area (Å²) in [6, 6.07) is 18.0. The normalized spacial score (nSPS) is 22.2. The summed E-state index contributed by atoms with van der Waals surface area (Å²) in [4.78, 5) is 15.1. The number of nitrogens with zero attached hydrogens (tertiary/aromatic N) is 1. The van der Waals surface area contributed by atoms with E-state index in [1.54, 1.807) is 0 Å². The van der Waals surface area contributed by atoms with Gasteiger partial charge in [0.15, 0.2) is 0 Å². The largest absolute Gasteiger partial charge is 0.379 e. The van der Waals surface area contributed by atoms with Crippen LogP contribution in [0.3, 0.4) is 0 Å². The Morgan fingerprint density at radius 3 is 2.57 bits per heavy atom. The second-order valence-electron chi connectivity index (χ2n) is 7.52. The van der Waals surface area contributed by atoms with Gasteiger partial charge in [0.2, 0.25) is 0 Å². The maximum Gasteiger partial charge on any atom is 0.251 e. The molecule has 0 saturated carbocycles. The first-order valence-electron chi connectivity index (χ1n) is 10.2. The van der Waals surface area contributed by atoms with E-state index in [9.17, 15) is 4.79 Å². The van der Waals surface area contributed by atoms with Gasteiger partial charge in [0.25, 0.3) is 5.91 Å². The van der Waals surface area contributed by atoms with Gasteiger partial charge in [-0.1, -0.05) is 30.3 Å². The average molecular weight is 380 g/mol. The van der Waals surface area contributed by atoms with Crippen LogP contribution in [0.5, 0.6) is 0 Å². The Morgan fingerprint density at radius 1 is 1.07 bits per heavy atom. The molecule has 5 heteroatoms. The lowest BCUT2D eigenvalue weighted by molar-refractivity contribution is -0.0736. The second-order valence-corrected chi connectivity index (χ2v) is 7.52. The van der Waals surface area contributed by atoms with E-state index in [1.807, 2.05) is 54.6 Å². The summed E-state index contributed by atoms with van der Waals surface area (Å²) in [5.41, 5.74) is 3.01. The van der Waals surface area contributed by atoms with Crippen LogP contribution in [0.1, 0.15) is 35.2 Å². The first-order chi connectivity index (χ1) is 13.8. The third-order valence-electron chi connectivity index (χ3n) is 5.53. The van der Waals surface area contributed by atoms with Crippen LogP contribution < -0.4 is 10.2 Å². The number of ether oxygens (including phenoxy) is 2. The van der Waals surface area contributed by atoms with Crippen molar-refractivity contribution in [3.05, 3.63) is 65.7 Å². The highest BCUT2D eigenvalue weighted by Crippen LogP contribution is 2.21. The van der Waals surface area contributed by atoms with Gasteiger partial charge in [0.1, 0.15) is 6.10 Å². The number of nitrogens with one attached hydrogen (secondary N) is 1. The molecule has 4 rings (SSSR count). The zero-order valence-corrected chi connectivity index (χ0v) is 16.2. The summed E-state index contributed by atoms with van der Waals surface area (Å²) in [6.45, 7) is 3.88. The second kappa shape index (κ2) is 9.22. The van der Waals surface area contributed by atoms with Crippen LogP contribution in [-0.2, 0) is 16.1 Å². The number of amides is 1. The number of carbonyl (C=O) groups is 1. The predicted molar refractivity (Wildman–Crippen MR) is 110 cm³/mol. The van der Waals surface area contributed by atoms with Crippen molar-refractivity contribution in [1.82, 2.24) is 5.32 Å². The lowest BCUT2D eigenvalue weighted by Crippen LogP contribution is -2.49. The van der Waals surface area contributed by atoms with Crippen molar-refractivity contribution in [2.24, 2.45) is 0 Å². The number of carbonyl (C=O) groups excluding carboxylic acids is 1. The summed E-state index contributed by atoms with van der Waals surface area (Å²) in [5.74, 6) is -0.0480. The molecule has 2 atom stereocenters. The van der Waals surface area contributed by atoms with Gasteiger partial charge in [-0.05, 0) is 49.1 Å². The monoisotopic (exact) mass is 380 g/mol. The molecule has 0 aromatic heterocycles. The SMILES string of the molecule is O=C(N[C@@H]1CCOC[C@H]1OCc1ccccc1)c1ccc(N2CCCC2)cc1. The Labute approximate surface area is 166 Å². The van der Waals surface area contributed by atoms with E-state index in [0.29, 0.717) is 25.4 Å². The fraction of sp³-hybridized carbons (Fsp3) is 0.435. The summed E-state index contributed by atoms with van der Waals surface area (Å²) in [6.07, 6.45) is 3.12. The van der Waals surface area contributed by atoms with Crippen molar-refractivity contribution in [3.8, 4) is 0 Å². The Bertz CT molecular complexity index is 757. The third-order valence-corrected chi connectivity index (χ3v) is 5.53. The molecule has 2 fully saturated rings. The molecule has 2 aliphatic rings. The highest BCUT2D eigenvalue weighted by Gasteiger charge is 2.28. The molecule has 2 heterocycles. The van der Waals surface area contributed by atoms with Gasteiger partial charge in [-0.25, -0.2) is 0 Å². The third kappa shape index (κ3) is 4.72. The van der Waals surface area contributed by atoms with E-state index in [4.69, 9.17) is 9.47 Å². The molecule has 5 nitrogen and oxygen atoms in total. The highest BCUT2D eigenvalue weighted by atomic mass is 16.5. The molecule has 0 unspecified atom stereocenters. The first-order valence-corrected chi connectivity index (χ1v) is 10.2. The van der Waals surface area contributed by atoms with Crippen LogP contribution in [0.25, 0.3) is 0 Å². The minimum absolute atomic E-state index is 0.0387. The Morgan fingerprint density at radius 2 is 1.82 bits per heavy atom. The van der Waals surface area contributed by atoms with E-state index in [1.165, 1.54) is 18.5 Å². The summed E-state index contributed by atoms with van der Waals surface area (Å²) < 4.78 is 11.6. The maximum absolute atomic E-state index is 12.7. The van der Waals surface area contributed by atoms with Gasteiger partial charge < -0.3 is 19.7 Å².